The Kier molecular flexibility index (Phi) is 3.80. The van der Waals surface area contributed by atoms with Crippen molar-refractivity contribution in [1.29, 1.82) is 0 Å². The van der Waals surface area contributed by atoms with Crippen LogP contribution in [0, 0.1) is 0 Å². The van der Waals surface area contributed by atoms with E-state index in [1.165, 1.54) is 0 Å². The van der Waals surface area contributed by atoms with Crippen molar-refractivity contribution in [3.63, 3.8) is 0 Å². The monoisotopic (exact) mass is 230 g/mol. The average molecular weight is 230 g/mol. The van der Waals surface area contributed by atoms with E-state index in [0.29, 0.717) is 11.4 Å². The van der Waals surface area contributed by atoms with Crippen LogP contribution in [0.1, 0.15) is 30.0 Å². The molecule has 4 nitrogen and oxygen atoms in total. The summed E-state index contributed by atoms with van der Waals surface area (Å²) in [6.07, 6.45) is 1.85. The van der Waals surface area contributed by atoms with Gasteiger partial charge < -0.3 is 10.2 Å². The summed E-state index contributed by atoms with van der Waals surface area (Å²) in [7, 11) is 0. The van der Waals surface area contributed by atoms with E-state index in [2.05, 4.69) is 9.97 Å². The third-order valence-corrected chi connectivity index (χ3v) is 2.50. The maximum Gasteiger partial charge on any atom is 0.0988 e. The first kappa shape index (κ1) is 11.7. The molecule has 0 saturated heterocycles. The summed E-state index contributed by atoms with van der Waals surface area (Å²) >= 11 is 0. The summed E-state index contributed by atoms with van der Waals surface area (Å²) in [6.45, 7) is 0. The fourth-order valence-electron chi connectivity index (χ4n) is 1.60. The second kappa shape index (κ2) is 5.52. The van der Waals surface area contributed by atoms with E-state index in [4.69, 9.17) is 0 Å². The van der Waals surface area contributed by atoms with E-state index >= 15 is 0 Å². The molecule has 0 amide bonds. The molecule has 2 unspecified atom stereocenters. The van der Waals surface area contributed by atoms with E-state index in [9.17, 15) is 10.2 Å². The molecule has 17 heavy (non-hydrogen) atoms. The minimum Gasteiger partial charge on any atom is -0.387 e. The molecular formula is C13H14N2O2. The highest BCUT2D eigenvalue weighted by atomic mass is 16.3. The van der Waals surface area contributed by atoms with Crippen molar-refractivity contribution in [2.75, 3.05) is 0 Å². The van der Waals surface area contributed by atoms with Crippen LogP contribution in [0.3, 0.4) is 0 Å². The Morgan fingerprint density at radius 2 is 1.29 bits per heavy atom. The second-order valence-corrected chi connectivity index (χ2v) is 3.78. The molecule has 0 aliphatic carbocycles. The van der Waals surface area contributed by atoms with Gasteiger partial charge in [-0.2, -0.15) is 0 Å². The summed E-state index contributed by atoms with van der Waals surface area (Å²) in [4.78, 5) is 8.09. The summed E-state index contributed by atoms with van der Waals surface area (Å²) in [6, 6.07) is 10.6. The average Bonchev–Trinajstić information content (AvgIpc) is 2.40. The molecule has 0 fully saturated rings. The molecule has 2 rings (SSSR count). The van der Waals surface area contributed by atoms with E-state index < -0.39 is 12.2 Å². The normalized spacial score (nSPS) is 14.2. The Labute approximate surface area is 99.6 Å². The van der Waals surface area contributed by atoms with Crippen molar-refractivity contribution in [2.45, 2.75) is 18.6 Å². The zero-order valence-electron chi connectivity index (χ0n) is 9.27. The minimum atomic E-state index is -0.784. The molecule has 2 aromatic rings. The predicted octanol–water partition coefficient (Wildman–Crippen LogP) is 1.63. The fourth-order valence-corrected chi connectivity index (χ4v) is 1.60. The number of aromatic nitrogens is 2. The molecule has 0 saturated carbocycles. The maximum atomic E-state index is 9.90. The SMILES string of the molecule is OC(CC(O)c1ccccn1)c1ccccn1. The molecule has 0 aliphatic heterocycles. The lowest BCUT2D eigenvalue weighted by Crippen LogP contribution is -2.08. The van der Waals surface area contributed by atoms with Crippen LogP contribution in [0.5, 0.6) is 0 Å². The lowest BCUT2D eigenvalue weighted by atomic mass is 10.1. The van der Waals surface area contributed by atoms with Gasteiger partial charge in [-0.1, -0.05) is 12.1 Å². The quantitative estimate of drug-likeness (QED) is 0.837. The van der Waals surface area contributed by atoms with Crippen molar-refractivity contribution in [3.05, 3.63) is 60.2 Å². The predicted molar refractivity (Wildman–Crippen MR) is 63.0 cm³/mol. The van der Waals surface area contributed by atoms with Crippen molar-refractivity contribution in [1.82, 2.24) is 9.97 Å². The Hall–Kier alpha value is -1.78. The number of rotatable bonds is 4. The highest BCUT2D eigenvalue weighted by Crippen LogP contribution is 2.23. The fraction of sp³-hybridized carbons (Fsp3) is 0.231. The van der Waals surface area contributed by atoms with Crippen LogP contribution < -0.4 is 0 Å². The molecule has 0 spiro atoms. The Morgan fingerprint density at radius 3 is 1.65 bits per heavy atom. The zero-order valence-corrected chi connectivity index (χ0v) is 9.27. The lowest BCUT2D eigenvalue weighted by molar-refractivity contribution is 0.0756. The van der Waals surface area contributed by atoms with E-state index in [0.717, 1.165) is 0 Å². The third kappa shape index (κ3) is 3.09. The number of hydrogen-bond donors (Lipinski definition) is 2. The highest BCUT2D eigenvalue weighted by molar-refractivity contribution is 5.10. The van der Waals surface area contributed by atoms with Crippen molar-refractivity contribution < 1.29 is 10.2 Å². The number of pyridine rings is 2. The van der Waals surface area contributed by atoms with Crippen molar-refractivity contribution >= 4 is 0 Å². The van der Waals surface area contributed by atoms with Gasteiger partial charge in [0.1, 0.15) is 0 Å². The maximum absolute atomic E-state index is 9.90. The molecular weight excluding hydrogens is 216 g/mol. The molecule has 2 aromatic heterocycles. The third-order valence-electron chi connectivity index (χ3n) is 2.50. The standard InChI is InChI=1S/C13H14N2O2/c16-12(10-5-1-3-7-14-10)9-13(17)11-6-2-4-8-15-11/h1-8,12-13,16-17H,9H2. The first-order chi connectivity index (χ1) is 8.27. The Balaban J connectivity index is 2.02. The van der Waals surface area contributed by atoms with Gasteiger partial charge in [-0.3, -0.25) is 9.97 Å². The van der Waals surface area contributed by atoms with Gasteiger partial charge in [0, 0.05) is 18.8 Å². The highest BCUT2D eigenvalue weighted by Gasteiger charge is 2.16. The number of nitrogens with zero attached hydrogens (tertiary/aromatic N) is 2. The largest absolute Gasteiger partial charge is 0.387 e. The van der Waals surface area contributed by atoms with E-state index in [1.807, 2.05) is 0 Å². The summed E-state index contributed by atoms with van der Waals surface area (Å²) in [5.74, 6) is 0. The van der Waals surface area contributed by atoms with Gasteiger partial charge in [0.05, 0.1) is 23.6 Å². The van der Waals surface area contributed by atoms with E-state index in [-0.39, 0.29) is 6.42 Å². The molecule has 0 bridgehead atoms. The van der Waals surface area contributed by atoms with Gasteiger partial charge in [-0.25, -0.2) is 0 Å². The molecule has 2 N–H and O–H groups in total. The molecule has 0 aromatic carbocycles. The van der Waals surface area contributed by atoms with Crippen molar-refractivity contribution in [2.24, 2.45) is 0 Å². The van der Waals surface area contributed by atoms with Crippen LogP contribution >= 0.6 is 0 Å². The van der Waals surface area contributed by atoms with Crippen LogP contribution in [-0.2, 0) is 0 Å². The Bertz CT molecular complexity index is 404. The molecule has 0 aliphatic rings. The summed E-state index contributed by atoms with van der Waals surface area (Å²) in [5.41, 5.74) is 1.12. The second-order valence-electron chi connectivity index (χ2n) is 3.78. The van der Waals surface area contributed by atoms with Gasteiger partial charge >= 0.3 is 0 Å². The van der Waals surface area contributed by atoms with Crippen LogP contribution in [0.25, 0.3) is 0 Å². The lowest BCUT2D eigenvalue weighted by Gasteiger charge is -2.14. The number of aliphatic hydroxyl groups is 2. The molecule has 88 valence electrons. The minimum absolute atomic E-state index is 0.189. The van der Waals surface area contributed by atoms with Gasteiger partial charge in [0.15, 0.2) is 0 Å². The summed E-state index contributed by atoms with van der Waals surface area (Å²) < 4.78 is 0. The molecule has 2 atom stereocenters. The smallest absolute Gasteiger partial charge is 0.0988 e. The van der Waals surface area contributed by atoms with Crippen molar-refractivity contribution in [3.8, 4) is 0 Å². The van der Waals surface area contributed by atoms with Crippen LogP contribution in [0.2, 0.25) is 0 Å². The zero-order chi connectivity index (χ0) is 12.1. The van der Waals surface area contributed by atoms with Gasteiger partial charge in [-0.15, -0.1) is 0 Å². The van der Waals surface area contributed by atoms with Gasteiger partial charge in [0.25, 0.3) is 0 Å². The molecule has 0 radical (unpaired) electrons. The first-order valence-corrected chi connectivity index (χ1v) is 5.45. The van der Waals surface area contributed by atoms with Crippen LogP contribution in [0.4, 0.5) is 0 Å². The van der Waals surface area contributed by atoms with Gasteiger partial charge in [-0.05, 0) is 24.3 Å². The van der Waals surface area contributed by atoms with Crippen LogP contribution in [0.15, 0.2) is 48.8 Å². The van der Waals surface area contributed by atoms with E-state index in [1.54, 1.807) is 48.8 Å². The van der Waals surface area contributed by atoms with Crippen LogP contribution in [-0.4, -0.2) is 20.2 Å². The first-order valence-electron chi connectivity index (χ1n) is 5.45. The summed E-state index contributed by atoms with van der Waals surface area (Å²) in [5, 5.41) is 19.8. The molecule has 2 heterocycles. The number of aliphatic hydroxyl groups excluding tert-OH is 2. The topological polar surface area (TPSA) is 66.2 Å². The Morgan fingerprint density at radius 1 is 0.824 bits per heavy atom. The number of hydrogen-bond acceptors (Lipinski definition) is 4. The molecule has 4 heteroatoms. The van der Waals surface area contributed by atoms with Gasteiger partial charge in [0.2, 0.25) is 0 Å².